The van der Waals surface area contributed by atoms with E-state index in [9.17, 15) is 4.79 Å². The fourth-order valence-corrected chi connectivity index (χ4v) is 3.71. The molecule has 2 fully saturated rings. The topological polar surface area (TPSA) is 89.5 Å². The standard InChI is InChI=1S/C21H27N5O3/c1-15-19(28-16-5-10-22-11-6-16)24-14-25-20(15)29-17-7-12-26(13-8-17)21(27)18-4-2-3-9-23-18/h2-4,9,14,16-17,22H,5-8,10-13H2,1H3. The Balaban J connectivity index is 1.33. The van der Waals surface area contributed by atoms with Gasteiger partial charge in [0.1, 0.15) is 24.2 Å². The molecule has 2 saturated heterocycles. The molecule has 4 rings (SSSR count). The molecule has 0 bridgehead atoms. The van der Waals surface area contributed by atoms with Gasteiger partial charge in [0.15, 0.2) is 0 Å². The summed E-state index contributed by atoms with van der Waals surface area (Å²) < 4.78 is 12.2. The van der Waals surface area contributed by atoms with Gasteiger partial charge in [0, 0.05) is 32.1 Å². The molecule has 2 aliphatic rings. The number of nitrogens with one attached hydrogen (secondary N) is 1. The number of hydrogen-bond acceptors (Lipinski definition) is 7. The first kappa shape index (κ1) is 19.6. The summed E-state index contributed by atoms with van der Waals surface area (Å²) >= 11 is 0. The van der Waals surface area contributed by atoms with Gasteiger partial charge < -0.3 is 19.7 Å². The minimum absolute atomic E-state index is 0.0168. The van der Waals surface area contributed by atoms with Crippen molar-refractivity contribution in [3.05, 3.63) is 42.0 Å². The molecule has 0 aliphatic carbocycles. The Kier molecular flexibility index (Phi) is 6.19. The minimum atomic E-state index is -0.0278. The third-order valence-corrected chi connectivity index (χ3v) is 5.45. The van der Waals surface area contributed by atoms with Crippen LogP contribution in [-0.2, 0) is 0 Å². The van der Waals surface area contributed by atoms with Crippen LogP contribution in [0, 0.1) is 6.92 Å². The van der Waals surface area contributed by atoms with Gasteiger partial charge in [0.25, 0.3) is 5.91 Å². The van der Waals surface area contributed by atoms with E-state index in [1.165, 1.54) is 6.33 Å². The zero-order valence-electron chi connectivity index (χ0n) is 16.7. The van der Waals surface area contributed by atoms with Crippen molar-refractivity contribution in [1.82, 2.24) is 25.2 Å². The monoisotopic (exact) mass is 397 g/mol. The van der Waals surface area contributed by atoms with Crippen LogP contribution < -0.4 is 14.8 Å². The molecule has 1 amide bonds. The highest BCUT2D eigenvalue weighted by Gasteiger charge is 2.26. The number of pyridine rings is 1. The van der Waals surface area contributed by atoms with E-state index in [1.54, 1.807) is 12.3 Å². The number of rotatable bonds is 5. The fourth-order valence-electron chi connectivity index (χ4n) is 3.71. The van der Waals surface area contributed by atoms with Crippen molar-refractivity contribution in [3.63, 3.8) is 0 Å². The first-order chi connectivity index (χ1) is 14.2. The molecule has 0 aromatic carbocycles. The molecule has 4 heterocycles. The molecular formula is C21H27N5O3. The van der Waals surface area contributed by atoms with E-state index in [1.807, 2.05) is 24.0 Å². The van der Waals surface area contributed by atoms with Gasteiger partial charge in [-0.05, 0) is 45.0 Å². The molecule has 2 aromatic heterocycles. The zero-order valence-corrected chi connectivity index (χ0v) is 16.7. The Bertz CT molecular complexity index is 818. The lowest BCUT2D eigenvalue weighted by Gasteiger charge is -2.32. The third-order valence-electron chi connectivity index (χ3n) is 5.45. The SMILES string of the molecule is Cc1c(OC2CCNCC2)ncnc1OC1CCN(C(=O)c2ccccn2)CC1. The maximum absolute atomic E-state index is 12.5. The van der Waals surface area contributed by atoms with Gasteiger partial charge in [-0.1, -0.05) is 6.07 Å². The molecule has 1 N–H and O–H groups in total. The summed E-state index contributed by atoms with van der Waals surface area (Å²) in [6.07, 6.45) is 6.80. The highest BCUT2D eigenvalue weighted by atomic mass is 16.5. The summed E-state index contributed by atoms with van der Waals surface area (Å²) in [4.78, 5) is 27.1. The van der Waals surface area contributed by atoms with Gasteiger partial charge in [0.05, 0.1) is 5.56 Å². The van der Waals surface area contributed by atoms with E-state index in [2.05, 4.69) is 20.3 Å². The number of piperidine rings is 2. The van der Waals surface area contributed by atoms with Crippen molar-refractivity contribution in [2.45, 2.75) is 44.8 Å². The van der Waals surface area contributed by atoms with Crippen LogP contribution >= 0.6 is 0 Å². The molecule has 0 spiro atoms. The van der Waals surface area contributed by atoms with Crippen molar-refractivity contribution in [3.8, 4) is 11.8 Å². The van der Waals surface area contributed by atoms with Crippen molar-refractivity contribution in [1.29, 1.82) is 0 Å². The van der Waals surface area contributed by atoms with Crippen LogP contribution in [0.25, 0.3) is 0 Å². The van der Waals surface area contributed by atoms with Crippen LogP contribution in [0.5, 0.6) is 11.8 Å². The highest BCUT2D eigenvalue weighted by Crippen LogP contribution is 2.27. The number of ether oxygens (including phenoxy) is 2. The summed E-state index contributed by atoms with van der Waals surface area (Å²) in [5, 5.41) is 3.33. The second-order valence-corrected chi connectivity index (χ2v) is 7.50. The van der Waals surface area contributed by atoms with Crippen molar-refractivity contribution in [2.75, 3.05) is 26.2 Å². The lowest BCUT2D eigenvalue weighted by Crippen LogP contribution is -2.42. The van der Waals surface area contributed by atoms with E-state index in [0.29, 0.717) is 30.5 Å². The predicted molar refractivity (Wildman–Crippen MR) is 107 cm³/mol. The van der Waals surface area contributed by atoms with Crippen LogP contribution in [0.3, 0.4) is 0 Å². The molecule has 2 aromatic rings. The third kappa shape index (κ3) is 4.82. The van der Waals surface area contributed by atoms with Crippen LogP contribution in [-0.4, -0.2) is 64.1 Å². The fraction of sp³-hybridized carbons (Fsp3) is 0.524. The van der Waals surface area contributed by atoms with Crippen LogP contribution in [0.4, 0.5) is 0 Å². The molecular weight excluding hydrogens is 370 g/mol. The first-order valence-electron chi connectivity index (χ1n) is 10.3. The van der Waals surface area contributed by atoms with Gasteiger partial charge in [-0.15, -0.1) is 0 Å². The molecule has 0 atom stereocenters. The van der Waals surface area contributed by atoms with Gasteiger partial charge in [-0.25, -0.2) is 9.97 Å². The quantitative estimate of drug-likeness (QED) is 0.825. The Morgan fingerprint density at radius 1 is 1.00 bits per heavy atom. The van der Waals surface area contributed by atoms with Crippen molar-refractivity contribution < 1.29 is 14.3 Å². The second-order valence-electron chi connectivity index (χ2n) is 7.50. The molecule has 29 heavy (non-hydrogen) atoms. The van der Waals surface area contributed by atoms with Gasteiger partial charge in [0.2, 0.25) is 11.8 Å². The lowest BCUT2D eigenvalue weighted by atomic mass is 10.1. The molecule has 154 valence electrons. The van der Waals surface area contributed by atoms with E-state index in [0.717, 1.165) is 44.3 Å². The maximum Gasteiger partial charge on any atom is 0.272 e. The summed E-state index contributed by atoms with van der Waals surface area (Å²) in [6, 6.07) is 5.39. The van der Waals surface area contributed by atoms with Crippen LogP contribution in [0.1, 0.15) is 41.7 Å². The molecule has 8 nitrogen and oxygen atoms in total. The van der Waals surface area contributed by atoms with Crippen LogP contribution in [0.15, 0.2) is 30.7 Å². The van der Waals surface area contributed by atoms with Crippen molar-refractivity contribution in [2.24, 2.45) is 0 Å². The number of amides is 1. The average Bonchev–Trinajstić information content (AvgIpc) is 2.78. The maximum atomic E-state index is 12.5. The second kappa shape index (κ2) is 9.17. The normalized spacial score (nSPS) is 18.4. The van der Waals surface area contributed by atoms with E-state index >= 15 is 0 Å². The Morgan fingerprint density at radius 3 is 2.28 bits per heavy atom. The Morgan fingerprint density at radius 2 is 1.66 bits per heavy atom. The van der Waals surface area contributed by atoms with Crippen LogP contribution in [0.2, 0.25) is 0 Å². The largest absolute Gasteiger partial charge is 0.474 e. The van der Waals surface area contributed by atoms with E-state index in [4.69, 9.17) is 9.47 Å². The predicted octanol–water partition coefficient (Wildman–Crippen LogP) is 1.99. The number of carbonyl (C=O) groups excluding carboxylic acids is 1. The Hall–Kier alpha value is -2.74. The van der Waals surface area contributed by atoms with Crippen molar-refractivity contribution >= 4 is 5.91 Å². The molecule has 0 unspecified atom stereocenters. The highest BCUT2D eigenvalue weighted by molar-refractivity contribution is 5.92. The van der Waals surface area contributed by atoms with Gasteiger partial charge in [-0.2, -0.15) is 0 Å². The van der Waals surface area contributed by atoms with Gasteiger partial charge in [-0.3, -0.25) is 9.78 Å². The summed E-state index contributed by atoms with van der Waals surface area (Å²) in [5.74, 6) is 1.14. The molecule has 8 heteroatoms. The van der Waals surface area contributed by atoms with E-state index < -0.39 is 0 Å². The number of likely N-dealkylation sites (tertiary alicyclic amines) is 1. The molecule has 0 saturated carbocycles. The molecule has 0 radical (unpaired) electrons. The smallest absolute Gasteiger partial charge is 0.272 e. The number of nitrogens with zero attached hydrogens (tertiary/aromatic N) is 4. The Labute approximate surface area is 170 Å². The summed E-state index contributed by atoms with van der Waals surface area (Å²) in [7, 11) is 0. The van der Waals surface area contributed by atoms with Gasteiger partial charge >= 0.3 is 0 Å². The lowest BCUT2D eigenvalue weighted by molar-refractivity contribution is 0.0579. The van der Waals surface area contributed by atoms with E-state index in [-0.39, 0.29) is 18.1 Å². The first-order valence-corrected chi connectivity index (χ1v) is 10.3. The summed E-state index contributed by atoms with van der Waals surface area (Å²) in [6.45, 7) is 5.15. The summed E-state index contributed by atoms with van der Waals surface area (Å²) in [5.41, 5.74) is 1.32. The number of carbonyl (C=O) groups is 1. The number of hydrogen-bond donors (Lipinski definition) is 1. The zero-order chi connectivity index (χ0) is 20.1. The minimum Gasteiger partial charge on any atom is -0.474 e. The molecule has 2 aliphatic heterocycles. The number of aromatic nitrogens is 3. The average molecular weight is 397 g/mol.